The van der Waals surface area contributed by atoms with Crippen LogP contribution in [0.5, 0.6) is 0 Å². The zero-order valence-electron chi connectivity index (χ0n) is 12.4. The maximum Gasteiger partial charge on any atom is 0.0917 e. The van der Waals surface area contributed by atoms with E-state index in [2.05, 4.69) is 44.7 Å². The summed E-state index contributed by atoms with van der Waals surface area (Å²) in [7, 11) is 0. The summed E-state index contributed by atoms with van der Waals surface area (Å²) >= 11 is 0. The van der Waals surface area contributed by atoms with Gasteiger partial charge in [0, 0.05) is 19.1 Å². The Kier molecular flexibility index (Phi) is 4.61. The molecule has 3 unspecified atom stereocenters. The Labute approximate surface area is 116 Å². The summed E-state index contributed by atoms with van der Waals surface area (Å²) in [6, 6.07) is 6.58. The summed E-state index contributed by atoms with van der Waals surface area (Å²) in [5.74, 6) is 0. The third kappa shape index (κ3) is 3.56. The Morgan fingerprint density at radius 3 is 2.74 bits per heavy atom. The zero-order chi connectivity index (χ0) is 14.0. The number of nitrogens with zero attached hydrogens (tertiary/aromatic N) is 1. The van der Waals surface area contributed by atoms with E-state index >= 15 is 0 Å². The van der Waals surface area contributed by atoms with Crippen molar-refractivity contribution in [1.82, 2.24) is 4.90 Å². The molecule has 0 radical (unpaired) electrons. The van der Waals surface area contributed by atoms with E-state index in [1.54, 1.807) is 0 Å². The maximum absolute atomic E-state index is 10.4. The minimum absolute atomic E-state index is 0.253. The lowest BCUT2D eigenvalue weighted by Gasteiger charge is -2.37. The van der Waals surface area contributed by atoms with E-state index < -0.39 is 6.10 Å². The lowest BCUT2D eigenvalue weighted by Crippen LogP contribution is -2.48. The SMILES string of the molecule is Cc1ccc(C(O)CN2CC(C)OCC2C)cc1C. The van der Waals surface area contributed by atoms with Crippen LogP contribution in [0.15, 0.2) is 18.2 Å². The van der Waals surface area contributed by atoms with Crippen LogP contribution in [0.1, 0.15) is 36.6 Å². The maximum atomic E-state index is 10.4. The van der Waals surface area contributed by atoms with E-state index in [0.29, 0.717) is 12.6 Å². The summed E-state index contributed by atoms with van der Waals surface area (Å²) in [4.78, 5) is 2.31. The van der Waals surface area contributed by atoms with Crippen LogP contribution in [0, 0.1) is 13.8 Å². The van der Waals surface area contributed by atoms with Gasteiger partial charge in [-0.05, 0) is 44.4 Å². The van der Waals surface area contributed by atoms with E-state index in [-0.39, 0.29) is 6.10 Å². The van der Waals surface area contributed by atoms with Crippen LogP contribution in [-0.4, -0.2) is 41.8 Å². The minimum Gasteiger partial charge on any atom is -0.387 e. The second-order valence-electron chi connectivity index (χ2n) is 5.81. The summed E-state index contributed by atoms with van der Waals surface area (Å²) in [6.45, 7) is 10.7. The molecule has 1 aromatic rings. The fourth-order valence-electron chi connectivity index (χ4n) is 2.53. The Morgan fingerprint density at radius 2 is 2.05 bits per heavy atom. The molecule has 3 atom stereocenters. The van der Waals surface area contributed by atoms with E-state index in [1.807, 2.05) is 6.07 Å². The van der Waals surface area contributed by atoms with Gasteiger partial charge in [-0.25, -0.2) is 0 Å². The number of morpholine rings is 1. The predicted molar refractivity (Wildman–Crippen MR) is 77.3 cm³/mol. The van der Waals surface area contributed by atoms with Crippen molar-refractivity contribution < 1.29 is 9.84 Å². The zero-order valence-corrected chi connectivity index (χ0v) is 12.4. The Hall–Kier alpha value is -0.900. The molecule has 0 spiro atoms. The molecule has 1 aliphatic heterocycles. The third-order valence-electron chi connectivity index (χ3n) is 4.06. The van der Waals surface area contributed by atoms with Crippen molar-refractivity contribution in [3.63, 3.8) is 0 Å². The molecular weight excluding hydrogens is 238 g/mol. The molecular formula is C16H25NO2. The lowest BCUT2D eigenvalue weighted by molar-refractivity contribution is -0.0619. The number of aryl methyl sites for hydroxylation is 2. The monoisotopic (exact) mass is 263 g/mol. The molecule has 1 aliphatic rings. The van der Waals surface area contributed by atoms with Crippen LogP contribution in [0.4, 0.5) is 0 Å². The molecule has 0 aromatic heterocycles. The Morgan fingerprint density at radius 1 is 1.32 bits per heavy atom. The van der Waals surface area contributed by atoms with E-state index in [9.17, 15) is 5.11 Å². The Balaban J connectivity index is 2.03. The number of rotatable bonds is 3. The fraction of sp³-hybridized carbons (Fsp3) is 0.625. The first-order valence-electron chi connectivity index (χ1n) is 7.08. The highest BCUT2D eigenvalue weighted by atomic mass is 16.5. The van der Waals surface area contributed by atoms with Gasteiger partial charge >= 0.3 is 0 Å². The van der Waals surface area contributed by atoms with Crippen LogP contribution in [-0.2, 0) is 4.74 Å². The average Bonchev–Trinajstić information content (AvgIpc) is 2.37. The van der Waals surface area contributed by atoms with Crippen molar-refractivity contribution in [3.8, 4) is 0 Å². The van der Waals surface area contributed by atoms with Gasteiger partial charge in [0.2, 0.25) is 0 Å². The van der Waals surface area contributed by atoms with Gasteiger partial charge in [-0.1, -0.05) is 18.2 Å². The number of hydrogen-bond acceptors (Lipinski definition) is 3. The van der Waals surface area contributed by atoms with Gasteiger partial charge in [0.25, 0.3) is 0 Å². The molecule has 1 aromatic carbocycles. The molecule has 1 saturated heterocycles. The van der Waals surface area contributed by atoms with Crippen molar-refractivity contribution in [3.05, 3.63) is 34.9 Å². The van der Waals surface area contributed by atoms with Crippen LogP contribution >= 0.6 is 0 Å². The van der Waals surface area contributed by atoms with Crippen LogP contribution in [0.3, 0.4) is 0 Å². The summed E-state index contributed by atoms with van der Waals surface area (Å²) in [5.41, 5.74) is 3.51. The number of β-amino-alcohol motifs (C(OH)–C–C–N with tert-alkyl or cyclic N) is 1. The molecule has 3 nitrogen and oxygen atoms in total. The molecule has 106 valence electrons. The first-order valence-corrected chi connectivity index (χ1v) is 7.08. The van der Waals surface area contributed by atoms with Gasteiger partial charge in [-0.3, -0.25) is 4.90 Å². The van der Waals surface area contributed by atoms with E-state index in [4.69, 9.17) is 4.74 Å². The molecule has 0 bridgehead atoms. The highest BCUT2D eigenvalue weighted by Crippen LogP contribution is 2.21. The van der Waals surface area contributed by atoms with Crippen LogP contribution in [0.2, 0.25) is 0 Å². The molecule has 0 amide bonds. The third-order valence-corrected chi connectivity index (χ3v) is 4.06. The molecule has 3 heteroatoms. The number of aliphatic hydroxyl groups excluding tert-OH is 1. The van der Waals surface area contributed by atoms with Gasteiger partial charge < -0.3 is 9.84 Å². The topological polar surface area (TPSA) is 32.7 Å². The smallest absolute Gasteiger partial charge is 0.0917 e. The number of hydrogen-bond donors (Lipinski definition) is 1. The number of ether oxygens (including phenoxy) is 1. The van der Waals surface area contributed by atoms with Crippen molar-refractivity contribution in [2.45, 2.75) is 45.9 Å². The molecule has 2 rings (SSSR count). The molecule has 1 fully saturated rings. The first-order chi connectivity index (χ1) is 8.97. The van der Waals surface area contributed by atoms with Crippen molar-refractivity contribution in [1.29, 1.82) is 0 Å². The second kappa shape index (κ2) is 6.04. The summed E-state index contributed by atoms with van der Waals surface area (Å²) in [5, 5.41) is 10.4. The molecule has 1 N–H and O–H groups in total. The number of aliphatic hydroxyl groups is 1. The van der Waals surface area contributed by atoms with Gasteiger partial charge in [0.15, 0.2) is 0 Å². The van der Waals surface area contributed by atoms with Gasteiger partial charge in [-0.15, -0.1) is 0 Å². The molecule has 0 aliphatic carbocycles. The highest BCUT2D eigenvalue weighted by molar-refractivity contribution is 5.31. The van der Waals surface area contributed by atoms with Crippen LogP contribution < -0.4 is 0 Å². The van der Waals surface area contributed by atoms with Gasteiger partial charge in [-0.2, -0.15) is 0 Å². The molecule has 19 heavy (non-hydrogen) atoms. The summed E-state index contributed by atoms with van der Waals surface area (Å²) < 4.78 is 5.62. The highest BCUT2D eigenvalue weighted by Gasteiger charge is 2.25. The largest absolute Gasteiger partial charge is 0.387 e. The number of benzene rings is 1. The fourth-order valence-corrected chi connectivity index (χ4v) is 2.53. The summed E-state index contributed by atoms with van der Waals surface area (Å²) in [6.07, 6.45) is -0.171. The minimum atomic E-state index is -0.424. The average molecular weight is 263 g/mol. The van der Waals surface area contributed by atoms with E-state index in [1.165, 1.54) is 11.1 Å². The van der Waals surface area contributed by atoms with Gasteiger partial charge in [0.05, 0.1) is 18.8 Å². The van der Waals surface area contributed by atoms with Crippen LogP contribution in [0.25, 0.3) is 0 Å². The van der Waals surface area contributed by atoms with Gasteiger partial charge in [0.1, 0.15) is 0 Å². The Bertz CT molecular complexity index is 433. The molecule has 1 heterocycles. The van der Waals surface area contributed by atoms with Crippen molar-refractivity contribution in [2.24, 2.45) is 0 Å². The van der Waals surface area contributed by atoms with Crippen molar-refractivity contribution >= 4 is 0 Å². The first kappa shape index (κ1) is 14.5. The lowest BCUT2D eigenvalue weighted by atomic mass is 10.0. The van der Waals surface area contributed by atoms with Crippen molar-refractivity contribution in [2.75, 3.05) is 19.7 Å². The van der Waals surface area contributed by atoms with E-state index in [0.717, 1.165) is 18.7 Å². The second-order valence-corrected chi connectivity index (χ2v) is 5.81. The normalized spacial score (nSPS) is 26.4. The molecule has 0 saturated carbocycles. The quantitative estimate of drug-likeness (QED) is 0.909. The standard InChI is InChI=1S/C16H25NO2/c1-11-5-6-15(7-12(11)2)16(18)9-17-8-14(4)19-10-13(17)3/h5-7,13-14,16,18H,8-10H2,1-4H3. The predicted octanol–water partition coefficient (Wildman–Crippen LogP) is 2.45.